The number of hydrogen-bond acceptors (Lipinski definition) is 3. The second-order valence-electron chi connectivity index (χ2n) is 7.61. The van der Waals surface area contributed by atoms with Crippen molar-refractivity contribution in [2.75, 3.05) is 10.2 Å². The second-order valence-corrected chi connectivity index (χ2v) is 8.00. The van der Waals surface area contributed by atoms with Gasteiger partial charge < -0.3 is 20.1 Å². The molecule has 30 heavy (non-hydrogen) atoms. The zero-order valence-corrected chi connectivity index (χ0v) is 18.3. The van der Waals surface area contributed by atoms with Crippen LogP contribution in [0.25, 0.3) is 0 Å². The number of nitrogens with one attached hydrogen (secondary N) is 2. The first-order valence-corrected chi connectivity index (χ1v) is 10.3. The van der Waals surface area contributed by atoms with E-state index in [1.807, 2.05) is 48.7 Å². The Labute approximate surface area is 181 Å². The monoisotopic (exact) mass is 419 g/mol. The number of aryl methyl sites for hydroxylation is 1. The lowest BCUT2D eigenvalue weighted by Gasteiger charge is -2.28. The summed E-state index contributed by atoms with van der Waals surface area (Å²) in [6, 6.07) is 15.8. The van der Waals surface area contributed by atoms with Gasteiger partial charge in [0, 0.05) is 42.9 Å². The van der Waals surface area contributed by atoms with Crippen molar-refractivity contribution in [1.29, 1.82) is 0 Å². The minimum Gasteiger partial charge on any atom is -0.352 e. The van der Waals surface area contributed by atoms with Crippen LogP contribution in [-0.2, 0) is 11.8 Å². The SMILES string of the molecule is CC(=O)Nc1ccc(N2C(=S)N[C@H](c3ccccn3)[C@@H]2c2cc(C)n(C)c2C)cc1. The Morgan fingerprint density at radius 1 is 1.17 bits per heavy atom. The first kappa shape index (κ1) is 20.1. The standard InChI is InChI=1S/C23H25N5OS/c1-14-13-19(15(2)27(14)4)22-21(20-7-5-6-12-24-20)26-23(30)28(22)18-10-8-17(9-11-18)25-16(3)29/h5-13,21-22H,1-4H3,(H,25,29)(H,26,30)/t21-,22+/m1/s1. The van der Waals surface area contributed by atoms with E-state index in [4.69, 9.17) is 12.2 Å². The molecule has 1 saturated heterocycles. The minimum atomic E-state index is -0.0930. The highest BCUT2D eigenvalue weighted by Gasteiger charge is 2.42. The first-order valence-electron chi connectivity index (χ1n) is 9.88. The van der Waals surface area contributed by atoms with Crippen molar-refractivity contribution >= 4 is 34.6 Å². The van der Waals surface area contributed by atoms with E-state index in [1.165, 1.54) is 23.9 Å². The van der Waals surface area contributed by atoms with Crippen LogP contribution in [0.15, 0.2) is 54.7 Å². The number of benzene rings is 1. The van der Waals surface area contributed by atoms with E-state index in [0.29, 0.717) is 5.11 Å². The zero-order valence-electron chi connectivity index (χ0n) is 17.5. The van der Waals surface area contributed by atoms with Crippen molar-refractivity contribution in [1.82, 2.24) is 14.9 Å². The summed E-state index contributed by atoms with van der Waals surface area (Å²) in [7, 11) is 2.08. The van der Waals surface area contributed by atoms with Gasteiger partial charge in [-0.05, 0) is 74.1 Å². The predicted octanol–water partition coefficient (Wildman–Crippen LogP) is 4.17. The molecule has 0 unspecified atom stereocenters. The first-order chi connectivity index (χ1) is 14.4. The number of nitrogens with zero attached hydrogens (tertiary/aromatic N) is 3. The average molecular weight is 420 g/mol. The van der Waals surface area contributed by atoms with Crippen molar-refractivity contribution < 1.29 is 4.79 Å². The zero-order chi connectivity index (χ0) is 21.4. The number of pyridine rings is 1. The molecule has 1 aliphatic heterocycles. The molecule has 2 aromatic heterocycles. The molecule has 3 heterocycles. The molecule has 0 radical (unpaired) electrons. The van der Waals surface area contributed by atoms with Gasteiger partial charge in [0.2, 0.25) is 5.91 Å². The van der Waals surface area contributed by atoms with E-state index < -0.39 is 0 Å². The Kier molecular flexibility index (Phi) is 5.30. The summed E-state index contributed by atoms with van der Waals surface area (Å²) in [5, 5.41) is 6.95. The lowest BCUT2D eigenvalue weighted by molar-refractivity contribution is -0.114. The van der Waals surface area contributed by atoms with Crippen molar-refractivity contribution in [2.45, 2.75) is 32.9 Å². The van der Waals surface area contributed by atoms with Crippen LogP contribution in [0.4, 0.5) is 11.4 Å². The largest absolute Gasteiger partial charge is 0.352 e. The molecule has 1 aromatic carbocycles. The molecule has 1 amide bonds. The van der Waals surface area contributed by atoms with Crippen LogP contribution in [0.5, 0.6) is 0 Å². The van der Waals surface area contributed by atoms with Gasteiger partial charge in [0.1, 0.15) is 0 Å². The number of carbonyl (C=O) groups excluding carboxylic acids is 1. The lowest BCUT2D eigenvalue weighted by Crippen LogP contribution is -2.29. The Morgan fingerprint density at radius 2 is 1.90 bits per heavy atom. The fourth-order valence-corrected chi connectivity index (χ4v) is 4.39. The van der Waals surface area contributed by atoms with Crippen LogP contribution in [0.2, 0.25) is 0 Å². The van der Waals surface area contributed by atoms with Crippen LogP contribution < -0.4 is 15.5 Å². The van der Waals surface area contributed by atoms with E-state index in [-0.39, 0.29) is 18.0 Å². The number of rotatable bonds is 4. The lowest BCUT2D eigenvalue weighted by atomic mass is 9.96. The average Bonchev–Trinajstić information content (AvgIpc) is 3.20. The van der Waals surface area contributed by atoms with E-state index >= 15 is 0 Å². The number of amides is 1. The van der Waals surface area contributed by atoms with E-state index in [0.717, 1.165) is 17.1 Å². The van der Waals surface area contributed by atoms with Crippen LogP contribution >= 0.6 is 12.2 Å². The fraction of sp³-hybridized carbons (Fsp3) is 0.261. The number of aromatic nitrogens is 2. The van der Waals surface area contributed by atoms with Crippen LogP contribution in [0.1, 0.15) is 41.7 Å². The predicted molar refractivity (Wildman–Crippen MR) is 124 cm³/mol. The summed E-state index contributed by atoms with van der Waals surface area (Å²) < 4.78 is 2.20. The topological polar surface area (TPSA) is 62.2 Å². The van der Waals surface area contributed by atoms with E-state index in [9.17, 15) is 4.79 Å². The van der Waals surface area contributed by atoms with E-state index in [1.54, 1.807) is 0 Å². The van der Waals surface area contributed by atoms with Gasteiger partial charge in [-0.2, -0.15) is 0 Å². The molecule has 7 heteroatoms. The normalized spacial score (nSPS) is 18.4. The smallest absolute Gasteiger partial charge is 0.221 e. The molecule has 1 aliphatic rings. The number of hydrogen-bond donors (Lipinski definition) is 2. The maximum atomic E-state index is 11.4. The summed E-state index contributed by atoms with van der Waals surface area (Å²) in [4.78, 5) is 18.1. The molecular weight excluding hydrogens is 394 g/mol. The van der Waals surface area contributed by atoms with Gasteiger partial charge in [0.15, 0.2) is 5.11 Å². The van der Waals surface area contributed by atoms with Crippen LogP contribution in [0, 0.1) is 13.8 Å². The molecule has 0 saturated carbocycles. The van der Waals surface area contributed by atoms with Gasteiger partial charge in [0.05, 0.1) is 17.8 Å². The molecule has 0 spiro atoms. The van der Waals surface area contributed by atoms with Crippen molar-refractivity contribution in [2.24, 2.45) is 7.05 Å². The summed E-state index contributed by atoms with van der Waals surface area (Å²) >= 11 is 5.77. The van der Waals surface area contributed by atoms with Gasteiger partial charge in [-0.3, -0.25) is 9.78 Å². The van der Waals surface area contributed by atoms with Crippen molar-refractivity contribution in [3.8, 4) is 0 Å². The molecule has 2 atom stereocenters. The molecule has 6 nitrogen and oxygen atoms in total. The van der Waals surface area contributed by atoms with Crippen LogP contribution in [0.3, 0.4) is 0 Å². The fourth-order valence-electron chi connectivity index (χ4n) is 4.04. The Balaban J connectivity index is 1.80. The maximum absolute atomic E-state index is 11.4. The molecule has 154 valence electrons. The highest BCUT2D eigenvalue weighted by molar-refractivity contribution is 7.80. The summed E-state index contributed by atoms with van der Waals surface area (Å²) in [5.41, 5.74) is 6.28. The van der Waals surface area contributed by atoms with E-state index in [2.05, 4.69) is 52.0 Å². The van der Waals surface area contributed by atoms with Gasteiger partial charge >= 0.3 is 0 Å². The number of thiocarbonyl (C=S) groups is 1. The third kappa shape index (κ3) is 3.57. The molecule has 4 rings (SSSR count). The second kappa shape index (κ2) is 7.91. The molecule has 0 aliphatic carbocycles. The molecule has 3 aromatic rings. The number of carbonyl (C=O) groups is 1. The Bertz CT molecular complexity index is 1090. The highest BCUT2D eigenvalue weighted by Crippen LogP contribution is 2.43. The van der Waals surface area contributed by atoms with Gasteiger partial charge in [-0.15, -0.1) is 0 Å². The summed E-state index contributed by atoms with van der Waals surface area (Å²) in [5.74, 6) is -0.0930. The summed E-state index contributed by atoms with van der Waals surface area (Å²) in [6.45, 7) is 5.75. The van der Waals surface area contributed by atoms with Gasteiger partial charge in [0.25, 0.3) is 0 Å². The Morgan fingerprint density at radius 3 is 2.47 bits per heavy atom. The molecule has 1 fully saturated rings. The third-order valence-corrected chi connectivity index (χ3v) is 6.01. The third-order valence-electron chi connectivity index (χ3n) is 5.70. The Hall–Kier alpha value is -3.19. The molecule has 0 bridgehead atoms. The van der Waals surface area contributed by atoms with Crippen molar-refractivity contribution in [3.05, 3.63) is 77.4 Å². The van der Waals surface area contributed by atoms with Crippen LogP contribution in [-0.4, -0.2) is 20.6 Å². The van der Waals surface area contributed by atoms with Gasteiger partial charge in [-0.25, -0.2) is 0 Å². The quantitative estimate of drug-likeness (QED) is 0.622. The summed E-state index contributed by atoms with van der Waals surface area (Å²) in [6.07, 6.45) is 1.81. The highest BCUT2D eigenvalue weighted by atomic mass is 32.1. The minimum absolute atomic E-state index is 0.0427. The number of anilines is 2. The van der Waals surface area contributed by atoms with Crippen molar-refractivity contribution in [3.63, 3.8) is 0 Å². The van der Waals surface area contributed by atoms with Gasteiger partial charge in [-0.1, -0.05) is 6.07 Å². The molecular formula is C23H25N5OS. The molecule has 2 N–H and O–H groups in total. The maximum Gasteiger partial charge on any atom is 0.221 e.